The van der Waals surface area contributed by atoms with Crippen LogP contribution in [0.5, 0.6) is 0 Å². The van der Waals surface area contributed by atoms with Crippen LogP contribution < -0.4 is 10.6 Å². The number of halogens is 1. The first-order valence-electron chi connectivity index (χ1n) is 10.8. The molecule has 1 aromatic carbocycles. The van der Waals surface area contributed by atoms with Crippen LogP contribution in [0.25, 0.3) is 0 Å². The van der Waals surface area contributed by atoms with Gasteiger partial charge in [0.25, 0.3) is 0 Å². The van der Waals surface area contributed by atoms with Crippen LogP contribution >= 0.6 is 24.0 Å². The van der Waals surface area contributed by atoms with Gasteiger partial charge in [-0.1, -0.05) is 44.2 Å². The van der Waals surface area contributed by atoms with E-state index in [1.807, 2.05) is 29.9 Å². The van der Waals surface area contributed by atoms with Crippen LogP contribution in [0.1, 0.15) is 42.1 Å². The Morgan fingerprint density at radius 2 is 1.74 bits per heavy atom. The molecule has 0 amide bonds. The second-order valence-corrected chi connectivity index (χ2v) is 7.29. The molecule has 31 heavy (non-hydrogen) atoms. The molecule has 0 radical (unpaired) electrons. The summed E-state index contributed by atoms with van der Waals surface area (Å²) in [5.74, 6) is 1.80. The first-order chi connectivity index (χ1) is 14.7. The molecular formula is C24H34IN5O. The summed E-state index contributed by atoms with van der Waals surface area (Å²) in [6, 6.07) is 14.4. The van der Waals surface area contributed by atoms with Crippen LogP contribution in [0.2, 0.25) is 0 Å². The van der Waals surface area contributed by atoms with Crippen LogP contribution in [0.3, 0.4) is 0 Å². The third kappa shape index (κ3) is 7.41. The summed E-state index contributed by atoms with van der Waals surface area (Å²) in [6.07, 6.45) is 5.36. The van der Waals surface area contributed by atoms with Crippen molar-refractivity contribution < 1.29 is 4.42 Å². The van der Waals surface area contributed by atoms with Crippen molar-refractivity contribution in [1.82, 2.24) is 20.4 Å². The molecule has 0 bridgehead atoms. The SMILES string of the molecule is CCc1nn(C)c(CC)c1CN=C(NCCc1ccccc1)NCCc1ccco1.I. The van der Waals surface area contributed by atoms with Gasteiger partial charge in [0.1, 0.15) is 5.76 Å². The van der Waals surface area contributed by atoms with Crippen molar-refractivity contribution in [3.63, 3.8) is 0 Å². The van der Waals surface area contributed by atoms with E-state index in [9.17, 15) is 0 Å². The minimum Gasteiger partial charge on any atom is -0.469 e. The Kier molecular flexibility index (Phi) is 10.6. The number of nitrogens with one attached hydrogen (secondary N) is 2. The van der Waals surface area contributed by atoms with Gasteiger partial charge < -0.3 is 15.1 Å². The van der Waals surface area contributed by atoms with Gasteiger partial charge in [-0.2, -0.15) is 5.10 Å². The molecule has 0 aliphatic carbocycles. The average Bonchev–Trinajstić information content (AvgIpc) is 3.39. The van der Waals surface area contributed by atoms with Crippen LogP contribution in [0.4, 0.5) is 0 Å². The summed E-state index contributed by atoms with van der Waals surface area (Å²) in [5, 5.41) is 11.6. The molecule has 168 valence electrons. The minimum absolute atomic E-state index is 0. The van der Waals surface area contributed by atoms with Gasteiger partial charge in [0.15, 0.2) is 5.96 Å². The Hall–Kier alpha value is -2.29. The number of aliphatic imine (C=N–C) groups is 1. The Bertz CT molecular complexity index is 919. The number of aryl methyl sites for hydroxylation is 2. The molecule has 3 aromatic rings. The third-order valence-corrected chi connectivity index (χ3v) is 5.22. The molecule has 6 nitrogen and oxygen atoms in total. The molecule has 2 N–H and O–H groups in total. The summed E-state index contributed by atoms with van der Waals surface area (Å²) < 4.78 is 7.43. The number of furan rings is 1. The summed E-state index contributed by atoms with van der Waals surface area (Å²) >= 11 is 0. The summed E-state index contributed by atoms with van der Waals surface area (Å²) in [6.45, 7) is 6.53. The second kappa shape index (κ2) is 13.2. The Morgan fingerprint density at radius 1 is 1.00 bits per heavy atom. The van der Waals surface area contributed by atoms with Crippen LogP contribution in [0, 0.1) is 0 Å². The quantitative estimate of drug-likeness (QED) is 0.231. The lowest BCUT2D eigenvalue weighted by Gasteiger charge is -2.13. The van der Waals surface area contributed by atoms with E-state index in [1.165, 1.54) is 16.8 Å². The van der Waals surface area contributed by atoms with E-state index >= 15 is 0 Å². The van der Waals surface area contributed by atoms with Crippen molar-refractivity contribution in [1.29, 1.82) is 0 Å². The van der Waals surface area contributed by atoms with E-state index in [0.29, 0.717) is 6.54 Å². The summed E-state index contributed by atoms with van der Waals surface area (Å²) in [5.41, 5.74) is 4.96. The molecule has 0 saturated carbocycles. The molecule has 7 heteroatoms. The molecule has 2 heterocycles. The highest BCUT2D eigenvalue weighted by Crippen LogP contribution is 2.16. The predicted octanol–water partition coefficient (Wildman–Crippen LogP) is 4.28. The number of guanidine groups is 1. The number of hydrogen-bond donors (Lipinski definition) is 2. The van der Waals surface area contributed by atoms with E-state index < -0.39 is 0 Å². The van der Waals surface area contributed by atoms with Gasteiger partial charge in [0.2, 0.25) is 0 Å². The van der Waals surface area contributed by atoms with Gasteiger partial charge in [0, 0.05) is 37.8 Å². The van der Waals surface area contributed by atoms with Gasteiger partial charge >= 0.3 is 0 Å². The van der Waals surface area contributed by atoms with Crippen LogP contribution in [-0.4, -0.2) is 28.8 Å². The molecule has 0 spiro atoms. The fourth-order valence-corrected chi connectivity index (χ4v) is 3.63. The molecule has 0 saturated heterocycles. The van der Waals surface area contributed by atoms with Crippen LogP contribution in [-0.2, 0) is 39.3 Å². The lowest BCUT2D eigenvalue weighted by atomic mass is 10.1. The van der Waals surface area contributed by atoms with Gasteiger partial charge in [-0.3, -0.25) is 4.68 Å². The van der Waals surface area contributed by atoms with E-state index in [4.69, 9.17) is 9.41 Å². The lowest BCUT2D eigenvalue weighted by Crippen LogP contribution is -2.39. The molecule has 0 fully saturated rings. The fraction of sp³-hybridized carbons (Fsp3) is 0.417. The van der Waals surface area contributed by atoms with Crippen LogP contribution in [0.15, 0.2) is 58.1 Å². The zero-order chi connectivity index (χ0) is 21.2. The maximum Gasteiger partial charge on any atom is 0.191 e. The Morgan fingerprint density at radius 3 is 2.39 bits per heavy atom. The molecule has 0 aliphatic rings. The first kappa shape index (κ1) is 25.0. The van der Waals surface area contributed by atoms with Gasteiger partial charge in [-0.15, -0.1) is 24.0 Å². The normalized spacial score (nSPS) is 11.3. The third-order valence-electron chi connectivity index (χ3n) is 5.22. The van der Waals surface area contributed by atoms with Gasteiger partial charge in [0.05, 0.1) is 18.5 Å². The highest BCUT2D eigenvalue weighted by molar-refractivity contribution is 14.0. The molecular weight excluding hydrogens is 501 g/mol. The van der Waals surface area contributed by atoms with Crippen molar-refractivity contribution in [3.8, 4) is 0 Å². The van der Waals surface area contributed by atoms with Crippen molar-refractivity contribution in [2.24, 2.45) is 12.0 Å². The minimum atomic E-state index is 0. The van der Waals surface area contributed by atoms with E-state index in [2.05, 4.69) is 53.8 Å². The highest BCUT2D eigenvalue weighted by Gasteiger charge is 2.13. The second-order valence-electron chi connectivity index (χ2n) is 7.29. The number of nitrogens with zero attached hydrogens (tertiary/aromatic N) is 3. The van der Waals surface area contributed by atoms with Crippen molar-refractivity contribution in [3.05, 3.63) is 77.0 Å². The first-order valence-corrected chi connectivity index (χ1v) is 10.8. The highest BCUT2D eigenvalue weighted by atomic mass is 127. The molecule has 0 aliphatic heterocycles. The van der Waals surface area contributed by atoms with Crippen molar-refractivity contribution in [2.45, 2.75) is 46.1 Å². The predicted molar refractivity (Wildman–Crippen MR) is 137 cm³/mol. The topological polar surface area (TPSA) is 67.4 Å². The number of rotatable bonds is 10. The maximum atomic E-state index is 5.44. The van der Waals surface area contributed by atoms with E-state index in [-0.39, 0.29) is 24.0 Å². The molecule has 0 atom stereocenters. The largest absolute Gasteiger partial charge is 0.469 e. The number of aromatic nitrogens is 2. The van der Waals surface area contributed by atoms with Crippen molar-refractivity contribution >= 4 is 29.9 Å². The smallest absolute Gasteiger partial charge is 0.191 e. The maximum absolute atomic E-state index is 5.44. The van der Waals surface area contributed by atoms with E-state index in [0.717, 1.165) is 56.2 Å². The van der Waals surface area contributed by atoms with Gasteiger partial charge in [-0.25, -0.2) is 4.99 Å². The molecule has 2 aromatic heterocycles. The molecule has 0 unspecified atom stereocenters. The fourth-order valence-electron chi connectivity index (χ4n) is 3.63. The van der Waals surface area contributed by atoms with Gasteiger partial charge in [-0.05, 0) is 37.0 Å². The Balaban J connectivity index is 0.00000341. The summed E-state index contributed by atoms with van der Waals surface area (Å²) in [4.78, 5) is 4.89. The van der Waals surface area contributed by atoms with E-state index in [1.54, 1.807) is 6.26 Å². The lowest BCUT2D eigenvalue weighted by molar-refractivity contribution is 0.506. The standard InChI is InChI=1S/C24H33N5O.HI/c1-4-22-21(23(5-2)29(3)28-22)18-27-24(26-16-14-20-12-9-17-30-20)25-15-13-19-10-7-6-8-11-19;/h6-12,17H,4-5,13-16,18H2,1-3H3,(H2,25,26,27);1H. The van der Waals surface area contributed by atoms with Crippen molar-refractivity contribution in [2.75, 3.05) is 13.1 Å². The Labute approximate surface area is 202 Å². The monoisotopic (exact) mass is 535 g/mol. The zero-order valence-electron chi connectivity index (χ0n) is 18.7. The summed E-state index contributed by atoms with van der Waals surface area (Å²) in [7, 11) is 2.02. The average molecular weight is 535 g/mol. The number of hydrogen-bond acceptors (Lipinski definition) is 3. The zero-order valence-corrected chi connectivity index (χ0v) is 21.1. The molecule has 3 rings (SSSR count). The number of benzene rings is 1.